The second-order valence-electron chi connectivity index (χ2n) is 8.19. The number of para-hydroxylation sites is 1. The summed E-state index contributed by atoms with van der Waals surface area (Å²) in [5, 5.41) is 1.15. The SMILES string of the molecule is CN1CCN(c2ccc(N)c(-c3nccc(-c4cn(C)c5ccccc45)n3)c2N)CC1.Cl. The van der Waals surface area contributed by atoms with Gasteiger partial charge in [0, 0.05) is 67.8 Å². The highest BCUT2D eigenvalue weighted by Crippen LogP contribution is 2.38. The molecule has 0 bridgehead atoms. The Balaban J connectivity index is 0.00000245. The quantitative estimate of drug-likeness (QED) is 0.464. The van der Waals surface area contributed by atoms with Gasteiger partial charge >= 0.3 is 0 Å². The molecule has 4 aromatic rings. The number of rotatable bonds is 3. The normalized spacial score (nSPS) is 14.5. The van der Waals surface area contributed by atoms with Crippen molar-refractivity contribution in [3.05, 3.63) is 54.9 Å². The Hall–Kier alpha value is -3.29. The molecule has 0 unspecified atom stereocenters. The summed E-state index contributed by atoms with van der Waals surface area (Å²) >= 11 is 0. The molecule has 2 aromatic carbocycles. The lowest BCUT2D eigenvalue weighted by atomic mass is 10.1. The van der Waals surface area contributed by atoms with E-state index in [1.165, 1.54) is 0 Å². The third kappa shape index (κ3) is 3.74. The molecule has 3 heterocycles. The average molecular weight is 450 g/mol. The Bertz CT molecular complexity index is 1260. The van der Waals surface area contributed by atoms with E-state index in [-0.39, 0.29) is 12.4 Å². The molecule has 7 nitrogen and oxygen atoms in total. The van der Waals surface area contributed by atoms with E-state index in [9.17, 15) is 0 Å². The predicted octanol–water partition coefficient (Wildman–Crippen LogP) is 3.64. The summed E-state index contributed by atoms with van der Waals surface area (Å²) in [5.41, 5.74) is 19.0. The van der Waals surface area contributed by atoms with Crippen molar-refractivity contribution in [3.63, 3.8) is 0 Å². The summed E-state index contributed by atoms with van der Waals surface area (Å²) in [7, 11) is 4.19. The van der Waals surface area contributed by atoms with Crippen LogP contribution in [0.3, 0.4) is 0 Å². The fourth-order valence-corrected chi connectivity index (χ4v) is 4.37. The minimum atomic E-state index is 0. The summed E-state index contributed by atoms with van der Waals surface area (Å²) in [6.07, 6.45) is 3.88. The number of halogens is 1. The van der Waals surface area contributed by atoms with Crippen molar-refractivity contribution in [2.75, 3.05) is 49.6 Å². The zero-order valence-corrected chi connectivity index (χ0v) is 19.1. The molecule has 0 saturated carbocycles. The van der Waals surface area contributed by atoms with E-state index >= 15 is 0 Å². The minimum Gasteiger partial charge on any atom is -0.398 e. The number of anilines is 3. The van der Waals surface area contributed by atoms with Crippen molar-refractivity contribution in [1.82, 2.24) is 19.4 Å². The van der Waals surface area contributed by atoms with Crippen molar-refractivity contribution in [2.24, 2.45) is 7.05 Å². The van der Waals surface area contributed by atoms with Crippen molar-refractivity contribution in [1.29, 1.82) is 0 Å². The number of benzene rings is 2. The maximum atomic E-state index is 6.65. The van der Waals surface area contributed by atoms with Gasteiger partial charge in [-0.25, -0.2) is 9.97 Å². The monoisotopic (exact) mass is 449 g/mol. The van der Waals surface area contributed by atoms with Gasteiger partial charge in [0.15, 0.2) is 5.82 Å². The van der Waals surface area contributed by atoms with E-state index in [0.717, 1.165) is 54.0 Å². The topological polar surface area (TPSA) is 89.2 Å². The minimum absolute atomic E-state index is 0. The van der Waals surface area contributed by atoms with Crippen LogP contribution in [0.4, 0.5) is 17.1 Å². The fraction of sp³-hybridized carbons (Fsp3) is 0.250. The van der Waals surface area contributed by atoms with Crippen molar-refractivity contribution in [2.45, 2.75) is 0 Å². The molecule has 1 aliphatic heterocycles. The number of hydrogen-bond acceptors (Lipinski definition) is 6. The lowest BCUT2D eigenvalue weighted by Crippen LogP contribution is -2.44. The zero-order chi connectivity index (χ0) is 21.5. The number of aromatic nitrogens is 3. The van der Waals surface area contributed by atoms with Gasteiger partial charge in [0.05, 0.1) is 22.6 Å². The highest BCUT2D eigenvalue weighted by atomic mass is 35.5. The first-order valence-electron chi connectivity index (χ1n) is 10.5. The number of piperazine rings is 1. The number of nitrogens with two attached hydrogens (primary N) is 2. The molecular formula is C24H28ClN7. The number of hydrogen-bond donors (Lipinski definition) is 2. The summed E-state index contributed by atoms with van der Waals surface area (Å²) < 4.78 is 2.11. The van der Waals surface area contributed by atoms with Gasteiger partial charge in [0.1, 0.15) is 0 Å². The molecule has 8 heteroatoms. The Morgan fingerprint density at radius 2 is 1.66 bits per heavy atom. The van der Waals surface area contributed by atoms with Gasteiger partial charge in [-0.1, -0.05) is 18.2 Å². The highest BCUT2D eigenvalue weighted by molar-refractivity contribution is 5.96. The Morgan fingerprint density at radius 1 is 0.906 bits per heavy atom. The number of aryl methyl sites for hydroxylation is 1. The summed E-state index contributed by atoms with van der Waals surface area (Å²) in [6, 6.07) is 14.2. The second-order valence-corrected chi connectivity index (χ2v) is 8.19. The number of likely N-dealkylation sites (N-methyl/N-ethyl adjacent to an activating group) is 1. The van der Waals surface area contributed by atoms with Crippen LogP contribution in [0.15, 0.2) is 54.9 Å². The first-order valence-corrected chi connectivity index (χ1v) is 10.5. The van der Waals surface area contributed by atoms with Crippen LogP contribution in [-0.2, 0) is 7.05 Å². The van der Waals surface area contributed by atoms with Crippen LogP contribution < -0.4 is 16.4 Å². The van der Waals surface area contributed by atoms with Crippen LogP contribution in [0.25, 0.3) is 33.5 Å². The van der Waals surface area contributed by atoms with E-state index in [0.29, 0.717) is 22.8 Å². The van der Waals surface area contributed by atoms with E-state index in [1.54, 1.807) is 6.20 Å². The largest absolute Gasteiger partial charge is 0.398 e. The number of nitrogen functional groups attached to an aromatic ring is 2. The smallest absolute Gasteiger partial charge is 0.164 e. The second kappa shape index (κ2) is 8.68. The molecule has 1 aliphatic rings. The van der Waals surface area contributed by atoms with Crippen molar-refractivity contribution >= 4 is 40.4 Å². The van der Waals surface area contributed by atoms with Crippen LogP contribution in [0, 0.1) is 0 Å². The van der Waals surface area contributed by atoms with Crippen LogP contribution in [-0.4, -0.2) is 52.7 Å². The summed E-state index contributed by atoms with van der Waals surface area (Å²) in [6.45, 7) is 3.88. The highest BCUT2D eigenvalue weighted by Gasteiger charge is 2.21. The van der Waals surface area contributed by atoms with Gasteiger partial charge in [0.25, 0.3) is 0 Å². The maximum Gasteiger partial charge on any atom is 0.164 e. The molecule has 0 aliphatic carbocycles. The molecule has 0 spiro atoms. The predicted molar refractivity (Wildman–Crippen MR) is 135 cm³/mol. The van der Waals surface area contributed by atoms with Gasteiger partial charge in [-0.05, 0) is 31.3 Å². The molecule has 0 atom stereocenters. The van der Waals surface area contributed by atoms with Gasteiger partial charge in [-0.2, -0.15) is 0 Å². The van der Waals surface area contributed by atoms with Gasteiger partial charge in [-0.3, -0.25) is 0 Å². The maximum absolute atomic E-state index is 6.65. The average Bonchev–Trinajstić information content (AvgIpc) is 3.12. The molecule has 1 saturated heterocycles. The molecule has 4 N–H and O–H groups in total. The molecule has 32 heavy (non-hydrogen) atoms. The Kier molecular flexibility index (Phi) is 5.95. The van der Waals surface area contributed by atoms with Crippen molar-refractivity contribution < 1.29 is 0 Å². The lowest BCUT2D eigenvalue weighted by Gasteiger charge is -2.35. The number of fused-ring (bicyclic) bond motifs is 1. The van der Waals surface area contributed by atoms with E-state index in [4.69, 9.17) is 16.5 Å². The molecular weight excluding hydrogens is 422 g/mol. The van der Waals surface area contributed by atoms with Crippen LogP contribution >= 0.6 is 12.4 Å². The van der Waals surface area contributed by atoms with Gasteiger partial charge in [-0.15, -0.1) is 12.4 Å². The first-order chi connectivity index (χ1) is 15.0. The van der Waals surface area contributed by atoms with E-state index < -0.39 is 0 Å². The molecule has 0 amide bonds. The Morgan fingerprint density at radius 3 is 2.44 bits per heavy atom. The van der Waals surface area contributed by atoms with Crippen molar-refractivity contribution in [3.8, 4) is 22.6 Å². The van der Waals surface area contributed by atoms with Gasteiger partial charge in [0.2, 0.25) is 0 Å². The van der Waals surface area contributed by atoms with E-state index in [1.807, 2.05) is 37.4 Å². The summed E-state index contributed by atoms with van der Waals surface area (Å²) in [4.78, 5) is 14.1. The van der Waals surface area contributed by atoms with Crippen LogP contribution in [0.5, 0.6) is 0 Å². The first kappa shape index (κ1) is 21.9. The molecule has 2 aromatic heterocycles. The molecule has 1 fully saturated rings. The fourth-order valence-electron chi connectivity index (χ4n) is 4.37. The van der Waals surface area contributed by atoms with E-state index in [2.05, 4.69) is 44.7 Å². The zero-order valence-electron chi connectivity index (χ0n) is 18.3. The summed E-state index contributed by atoms with van der Waals surface area (Å²) in [5.74, 6) is 0.552. The van der Waals surface area contributed by atoms with Crippen LogP contribution in [0.2, 0.25) is 0 Å². The standard InChI is InChI=1S/C24H27N7.ClH/c1-29-11-13-31(14-12-29)21-8-7-18(25)22(23(21)26)24-27-10-9-19(28-24)17-15-30(2)20-6-4-3-5-16(17)20;/h3-10,15H,11-14,25-26H2,1-2H3;1H. The molecule has 5 rings (SSSR count). The Labute approximate surface area is 194 Å². The van der Waals surface area contributed by atoms with Gasteiger partial charge < -0.3 is 25.8 Å². The lowest BCUT2D eigenvalue weighted by molar-refractivity contribution is 0.313. The number of nitrogens with zero attached hydrogens (tertiary/aromatic N) is 5. The third-order valence-electron chi connectivity index (χ3n) is 6.15. The molecule has 166 valence electrons. The van der Waals surface area contributed by atoms with Crippen LogP contribution in [0.1, 0.15) is 0 Å². The third-order valence-corrected chi connectivity index (χ3v) is 6.15. The molecule has 0 radical (unpaired) electrons.